The first-order valence-corrected chi connectivity index (χ1v) is 9.92. The van der Waals surface area contributed by atoms with E-state index in [0.717, 1.165) is 17.8 Å². The predicted molar refractivity (Wildman–Crippen MR) is 114 cm³/mol. The zero-order valence-electron chi connectivity index (χ0n) is 17.1. The van der Waals surface area contributed by atoms with Crippen molar-refractivity contribution in [1.82, 2.24) is 0 Å². The van der Waals surface area contributed by atoms with Gasteiger partial charge in [-0.15, -0.1) is 0 Å². The summed E-state index contributed by atoms with van der Waals surface area (Å²) in [5.74, 6) is -0.467. The third kappa shape index (κ3) is 6.28. The molecule has 27 heavy (non-hydrogen) atoms. The number of aliphatic imine (C=N–C) groups is 1. The molecule has 0 saturated heterocycles. The van der Waals surface area contributed by atoms with Crippen LogP contribution in [-0.2, 0) is 24.1 Å². The van der Waals surface area contributed by atoms with Crippen LogP contribution in [0.5, 0.6) is 0 Å². The number of halogens is 2. The van der Waals surface area contributed by atoms with Crippen LogP contribution in [0.15, 0.2) is 35.3 Å². The van der Waals surface area contributed by atoms with E-state index < -0.39 is 0 Å². The average Bonchev–Trinajstić information content (AvgIpc) is 3.03. The Morgan fingerprint density at radius 3 is 2.41 bits per heavy atom. The Morgan fingerprint density at radius 1 is 1.11 bits per heavy atom. The highest BCUT2D eigenvalue weighted by Crippen LogP contribution is 2.30. The Balaban J connectivity index is 0.000000855. The number of hydrogen-bond donors (Lipinski definition) is 0. The van der Waals surface area contributed by atoms with Crippen LogP contribution in [0.3, 0.4) is 0 Å². The molecule has 0 unspecified atom stereocenters. The first-order chi connectivity index (χ1) is 12.9. The molecule has 0 radical (unpaired) electrons. The monoisotopic (exact) mass is 389 g/mol. The summed E-state index contributed by atoms with van der Waals surface area (Å²) in [5, 5.41) is 0.484. The summed E-state index contributed by atoms with van der Waals surface area (Å²) in [4.78, 5) is 15.8. The van der Waals surface area contributed by atoms with Crippen LogP contribution < -0.4 is 0 Å². The molecule has 0 N–H and O–H groups in total. The molecule has 146 valence electrons. The quantitative estimate of drug-likeness (QED) is 0.562. The predicted octanol–water partition coefficient (Wildman–Crippen LogP) is 6.84. The molecular formula is C23H29ClFNO. The van der Waals surface area contributed by atoms with Crippen LogP contribution in [0, 0.1) is 12.7 Å². The van der Waals surface area contributed by atoms with Crippen molar-refractivity contribution in [3.8, 4) is 0 Å². The third-order valence-electron chi connectivity index (χ3n) is 3.96. The molecule has 2 nitrogen and oxygen atoms in total. The molecule has 0 fully saturated rings. The molecule has 3 rings (SSSR count). The van der Waals surface area contributed by atoms with Gasteiger partial charge in [0.25, 0.3) is 0 Å². The second-order valence-corrected chi connectivity index (χ2v) is 6.48. The van der Waals surface area contributed by atoms with Gasteiger partial charge < -0.3 is 0 Å². The molecule has 0 amide bonds. The molecule has 2 aromatic carbocycles. The van der Waals surface area contributed by atoms with Crippen LogP contribution in [0.2, 0.25) is 5.02 Å². The number of carbonyl (C=O) groups excluding carboxylic acids is 1. The number of Topliss-reactive ketones (excluding diaryl/α,β-unsaturated/α-hetero) is 1. The molecule has 0 aliphatic carbocycles. The Labute approximate surface area is 167 Å². The summed E-state index contributed by atoms with van der Waals surface area (Å²) in [6.45, 7) is 11.5. The number of nitrogens with zero attached hydrogens (tertiary/aromatic N) is 1. The molecule has 0 spiro atoms. The highest BCUT2D eigenvalue weighted by atomic mass is 35.5. The molecule has 0 saturated carbocycles. The Bertz CT molecular complexity index is 827. The Morgan fingerprint density at radius 2 is 1.78 bits per heavy atom. The van der Waals surface area contributed by atoms with E-state index in [0.29, 0.717) is 22.6 Å². The smallest absolute Gasteiger partial charge is 0.134 e. The molecule has 2 aromatic rings. The fourth-order valence-corrected chi connectivity index (χ4v) is 3.10. The fourth-order valence-electron chi connectivity index (χ4n) is 2.85. The van der Waals surface area contributed by atoms with Crippen molar-refractivity contribution in [3.63, 3.8) is 0 Å². The SMILES string of the molecule is CC.CC.CC(=O)Cc1cc(Cl)c(CC2=Nc3cc(C)ccc3C2)cc1F. The molecule has 0 bridgehead atoms. The number of carbonyl (C=O) groups is 1. The van der Waals surface area contributed by atoms with Gasteiger partial charge in [0.1, 0.15) is 11.6 Å². The summed E-state index contributed by atoms with van der Waals surface area (Å²) in [7, 11) is 0. The van der Waals surface area contributed by atoms with Crippen molar-refractivity contribution in [2.75, 3.05) is 0 Å². The number of aryl methyl sites for hydroxylation is 1. The number of rotatable bonds is 4. The first-order valence-electron chi connectivity index (χ1n) is 9.54. The van der Waals surface area contributed by atoms with Crippen molar-refractivity contribution >= 4 is 28.8 Å². The summed E-state index contributed by atoms with van der Waals surface area (Å²) in [6.07, 6.45) is 1.35. The van der Waals surface area contributed by atoms with E-state index in [9.17, 15) is 9.18 Å². The van der Waals surface area contributed by atoms with Crippen LogP contribution in [0.1, 0.15) is 56.9 Å². The zero-order chi connectivity index (χ0) is 20.6. The van der Waals surface area contributed by atoms with Crippen LogP contribution in [-0.4, -0.2) is 11.5 Å². The summed E-state index contributed by atoms with van der Waals surface area (Å²) in [6, 6.07) is 9.19. The van der Waals surface area contributed by atoms with Gasteiger partial charge in [-0.05, 0) is 54.3 Å². The van der Waals surface area contributed by atoms with Crippen molar-refractivity contribution in [2.45, 2.75) is 60.8 Å². The van der Waals surface area contributed by atoms with Gasteiger partial charge in [-0.3, -0.25) is 9.79 Å². The lowest BCUT2D eigenvalue weighted by molar-refractivity contribution is -0.116. The van der Waals surface area contributed by atoms with E-state index in [2.05, 4.69) is 23.2 Å². The van der Waals surface area contributed by atoms with E-state index in [1.165, 1.54) is 24.1 Å². The fraction of sp³-hybridized carbons (Fsp3) is 0.391. The zero-order valence-corrected chi connectivity index (χ0v) is 17.9. The van der Waals surface area contributed by atoms with Gasteiger partial charge >= 0.3 is 0 Å². The summed E-state index contributed by atoms with van der Waals surface area (Å²) in [5.41, 5.74) is 5.39. The lowest BCUT2D eigenvalue weighted by atomic mass is 10.0. The standard InChI is InChI=1S/C19H17ClFNO.2C2H6/c1-11-3-4-13-7-16(22-19(13)5-11)8-14-10-18(21)15(6-12(2)23)9-17(14)20;2*1-2/h3-5,9-10H,6-8H2,1-2H3;2*1-2H3. The normalized spacial score (nSPS) is 11.5. The Hall–Kier alpha value is -2.00. The van der Waals surface area contributed by atoms with Gasteiger partial charge in [-0.2, -0.15) is 0 Å². The molecule has 1 heterocycles. The summed E-state index contributed by atoms with van der Waals surface area (Å²) >= 11 is 6.27. The maximum absolute atomic E-state index is 14.1. The van der Waals surface area contributed by atoms with Gasteiger partial charge in [0.15, 0.2) is 0 Å². The highest BCUT2D eigenvalue weighted by Gasteiger charge is 2.17. The molecular weight excluding hydrogens is 361 g/mol. The number of hydrogen-bond acceptors (Lipinski definition) is 2. The largest absolute Gasteiger partial charge is 0.300 e. The van der Waals surface area contributed by atoms with Crippen LogP contribution in [0.25, 0.3) is 0 Å². The van der Waals surface area contributed by atoms with Gasteiger partial charge in [0.2, 0.25) is 0 Å². The van der Waals surface area contributed by atoms with E-state index in [-0.39, 0.29) is 18.0 Å². The van der Waals surface area contributed by atoms with Crippen molar-refractivity contribution < 1.29 is 9.18 Å². The second kappa shape index (κ2) is 11.0. The van der Waals surface area contributed by atoms with Crippen LogP contribution >= 0.6 is 11.6 Å². The van der Waals surface area contributed by atoms with Gasteiger partial charge in [-0.25, -0.2) is 4.39 Å². The maximum Gasteiger partial charge on any atom is 0.134 e. The van der Waals surface area contributed by atoms with E-state index in [4.69, 9.17) is 11.6 Å². The number of benzene rings is 2. The topological polar surface area (TPSA) is 29.4 Å². The lowest BCUT2D eigenvalue weighted by Crippen LogP contribution is -2.06. The molecule has 0 atom stereocenters. The maximum atomic E-state index is 14.1. The van der Waals surface area contributed by atoms with Gasteiger partial charge in [0, 0.05) is 30.0 Å². The number of ketones is 1. The van der Waals surface area contributed by atoms with E-state index in [1.54, 1.807) is 6.07 Å². The Kier molecular flexibility index (Phi) is 9.37. The second-order valence-electron chi connectivity index (χ2n) is 6.08. The third-order valence-corrected chi connectivity index (χ3v) is 4.32. The highest BCUT2D eigenvalue weighted by molar-refractivity contribution is 6.31. The van der Waals surface area contributed by atoms with Crippen molar-refractivity contribution in [2.24, 2.45) is 4.99 Å². The minimum absolute atomic E-state index is 0.0670. The average molecular weight is 390 g/mol. The van der Waals surface area contributed by atoms with Crippen molar-refractivity contribution in [3.05, 3.63) is 63.4 Å². The van der Waals surface area contributed by atoms with E-state index in [1.807, 2.05) is 34.6 Å². The molecule has 1 aliphatic rings. The van der Waals surface area contributed by atoms with E-state index >= 15 is 0 Å². The minimum Gasteiger partial charge on any atom is -0.300 e. The first kappa shape index (κ1) is 23.0. The van der Waals surface area contributed by atoms with Gasteiger partial charge in [0.05, 0.1) is 5.69 Å². The minimum atomic E-state index is -0.383. The molecule has 1 aliphatic heterocycles. The lowest BCUT2D eigenvalue weighted by Gasteiger charge is -2.08. The molecule has 4 heteroatoms. The van der Waals surface area contributed by atoms with Crippen molar-refractivity contribution in [1.29, 1.82) is 0 Å². The molecule has 0 aromatic heterocycles. The number of fused-ring (bicyclic) bond motifs is 1. The van der Waals surface area contributed by atoms with Crippen LogP contribution in [0.4, 0.5) is 10.1 Å². The van der Waals surface area contributed by atoms with Gasteiger partial charge in [-0.1, -0.05) is 51.4 Å². The summed E-state index contributed by atoms with van der Waals surface area (Å²) < 4.78 is 14.1.